The summed E-state index contributed by atoms with van der Waals surface area (Å²) < 4.78 is 0. The third-order valence-electron chi connectivity index (χ3n) is 3.06. The van der Waals surface area contributed by atoms with Gasteiger partial charge < -0.3 is 15.3 Å². The van der Waals surface area contributed by atoms with Crippen LogP contribution in [0.1, 0.15) is 40.0 Å². The van der Waals surface area contributed by atoms with Gasteiger partial charge in [0.25, 0.3) is 0 Å². The van der Waals surface area contributed by atoms with Crippen molar-refractivity contribution in [1.29, 1.82) is 0 Å². The Morgan fingerprint density at radius 1 is 0.833 bits per heavy atom. The highest BCUT2D eigenvalue weighted by Gasteiger charge is 2.61. The number of aliphatic hydroxyl groups excluding tert-OH is 1. The molecule has 0 fully saturated rings. The zero-order valence-electron chi connectivity index (χ0n) is 10.9. The first kappa shape index (κ1) is 16.9. The first-order valence-electron chi connectivity index (χ1n) is 5.91. The topological polar surface area (TPSA) is 112 Å². The van der Waals surface area contributed by atoms with Gasteiger partial charge in [0.15, 0.2) is 23.0 Å². The monoisotopic (exact) mass is 260 g/mol. The van der Waals surface area contributed by atoms with Gasteiger partial charge in [-0.05, 0) is 0 Å². The van der Waals surface area contributed by atoms with Crippen molar-refractivity contribution in [1.82, 2.24) is 0 Å². The van der Waals surface area contributed by atoms with Gasteiger partial charge in [0.2, 0.25) is 5.60 Å². The normalized spacial score (nSPS) is 15.0. The molecule has 0 saturated carbocycles. The van der Waals surface area contributed by atoms with E-state index in [0.29, 0.717) is 0 Å². The number of carbonyl (C=O) groups is 3. The van der Waals surface area contributed by atoms with E-state index in [-0.39, 0.29) is 19.3 Å². The summed E-state index contributed by atoms with van der Waals surface area (Å²) in [5.74, 6) is -2.91. The van der Waals surface area contributed by atoms with E-state index in [4.69, 9.17) is 0 Å². The highest BCUT2D eigenvalue weighted by Crippen LogP contribution is 2.29. The summed E-state index contributed by atoms with van der Waals surface area (Å²) >= 11 is 0. The van der Waals surface area contributed by atoms with Crippen molar-refractivity contribution in [2.45, 2.75) is 51.2 Å². The van der Waals surface area contributed by atoms with Crippen LogP contribution in [-0.4, -0.2) is 50.5 Å². The van der Waals surface area contributed by atoms with Crippen molar-refractivity contribution in [2.24, 2.45) is 0 Å². The fourth-order valence-electron chi connectivity index (χ4n) is 1.83. The Balaban J connectivity index is 5.91. The summed E-state index contributed by atoms with van der Waals surface area (Å²) in [6.07, 6.45) is -0.684. The summed E-state index contributed by atoms with van der Waals surface area (Å²) in [5.41, 5.74) is -5.65. The molecule has 0 aliphatic rings. The second-order valence-corrected chi connectivity index (χ2v) is 4.06. The minimum absolute atomic E-state index is 0.215. The van der Waals surface area contributed by atoms with Crippen molar-refractivity contribution in [3.63, 3.8) is 0 Å². The van der Waals surface area contributed by atoms with Gasteiger partial charge in [0.05, 0.1) is 6.61 Å². The van der Waals surface area contributed by atoms with Gasteiger partial charge in [-0.2, -0.15) is 0 Å². The second-order valence-electron chi connectivity index (χ2n) is 4.06. The van der Waals surface area contributed by atoms with Crippen LogP contribution >= 0.6 is 0 Å². The highest BCUT2D eigenvalue weighted by atomic mass is 16.4. The molecular weight excluding hydrogens is 240 g/mol. The van der Waals surface area contributed by atoms with Crippen LogP contribution in [0.15, 0.2) is 0 Å². The van der Waals surface area contributed by atoms with Crippen molar-refractivity contribution in [3.05, 3.63) is 0 Å². The Bertz CT molecular complexity index is 332. The minimum atomic E-state index is -2.88. The predicted molar refractivity (Wildman–Crippen MR) is 62.9 cm³/mol. The standard InChI is InChI=1S/C12H20O6/c1-4-8(14)11(17,7-13)12(18,9(15)5-2)10(16)6-3/h13,17-18H,4-7H2,1-3H3. The molecule has 0 radical (unpaired) electrons. The molecule has 6 nitrogen and oxygen atoms in total. The van der Waals surface area contributed by atoms with Crippen molar-refractivity contribution < 1.29 is 29.7 Å². The molecule has 0 heterocycles. The number of ketones is 3. The third kappa shape index (κ3) is 2.36. The van der Waals surface area contributed by atoms with Crippen molar-refractivity contribution >= 4 is 17.3 Å². The molecule has 18 heavy (non-hydrogen) atoms. The first-order valence-corrected chi connectivity index (χ1v) is 5.91. The largest absolute Gasteiger partial charge is 0.393 e. The number of rotatable bonds is 8. The molecule has 6 heteroatoms. The highest BCUT2D eigenvalue weighted by molar-refractivity contribution is 6.16. The molecule has 0 aromatic rings. The number of carbonyl (C=O) groups excluding carboxylic acids is 3. The second kappa shape index (κ2) is 6.17. The minimum Gasteiger partial charge on any atom is -0.393 e. The zero-order valence-corrected chi connectivity index (χ0v) is 10.9. The third-order valence-corrected chi connectivity index (χ3v) is 3.06. The zero-order chi connectivity index (χ0) is 14.6. The van der Waals surface area contributed by atoms with Gasteiger partial charge >= 0.3 is 0 Å². The molecule has 0 aliphatic heterocycles. The fourth-order valence-corrected chi connectivity index (χ4v) is 1.83. The molecule has 0 aromatic carbocycles. The van der Waals surface area contributed by atoms with Crippen LogP contribution in [0, 0.1) is 0 Å². The summed E-state index contributed by atoms with van der Waals surface area (Å²) in [6, 6.07) is 0. The molecule has 0 aromatic heterocycles. The number of hydrogen-bond donors (Lipinski definition) is 3. The summed E-state index contributed by atoms with van der Waals surface area (Å²) in [5, 5.41) is 29.5. The van der Waals surface area contributed by atoms with Crippen LogP contribution in [-0.2, 0) is 14.4 Å². The fraction of sp³-hybridized carbons (Fsp3) is 0.750. The van der Waals surface area contributed by atoms with E-state index in [1.165, 1.54) is 20.8 Å². The molecule has 1 unspecified atom stereocenters. The van der Waals surface area contributed by atoms with Crippen LogP contribution in [0.5, 0.6) is 0 Å². The summed E-state index contributed by atoms with van der Waals surface area (Å²) in [6.45, 7) is 3.00. The lowest BCUT2D eigenvalue weighted by Gasteiger charge is -2.38. The molecule has 0 rings (SSSR count). The maximum Gasteiger partial charge on any atom is 0.219 e. The van der Waals surface area contributed by atoms with E-state index in [1.54, 1.807) is 0 Å². The molecule has 104 valence electrons. The van der Waals surface area contributed by atoms with E-state index in [0.717, 1.165) is 0 Å². The van der Waals surface area contributed by atoms with Gasteiger partial charge in [0.1, 0.15) is 0 Å². The van der Waals surface area contributed by atoms with E-state index in [1.807, 2.05) is 0 Å². The Hall–Kier alpha value is -1.11. The number of Topliss-reactive ketones (excluding diaryl/α,β-unsaturated/α-hetero) is 3. The molecule has 3 N–H and O–H groups in total. The molecule has 0 bridgehead atoms. The lowest BCUT2D eigenvalue weighted by atomic mass is 9.72. The molecule has 0 aliphatic carbocycles. The van der Waals surface area contributed by atoms with Crippen LogP contribution in [0.25, 0.3) is 0 Å². The summed E-state index contributed by atoms with van der Waals surface area (Å²) in [7, 11) is 0. The van der Waals surface area contributed by atoms with Gasteiger partial charge in [-0.25, -0.2) is 0 Å². The molecule has 0 amide bonds. The lowest BCUT2D eigenvalue weighted by molar-refractivity contribution is -0.193. The Morgan fingerprint density at radius 2 is 1.17 bits per heavy atom. The lowest BCUT2D eigenvalue weighted by Crippen LogP contribution is -2.69. The van der Waals surface area contributed by atoms with Crippen molar-refractivity contribution in [2.75, 3.05) is 6.61 Å². The van der Waals surface area contributed by atoms with E-state index in [2.05, 4.69) is 0 Å². The van der Waals surface area contributed by atoms with Crippen LogP contribution in [0.3, 0.4) is 0 Å². The first-order chi connectivity index (χ1) is 8.25. The Kier molecular flexibility index (Phi) is 5.79. The van der Waals surface area contributed by atoms with Crippen LogP contribution < -0.4 is 0 Å². The van der Waals surface area contributed by atoms with Gasteiger partial charge in [-0.3, -0.25) is 14.4 Å². The molecule has 0 saturated heterocycles. The average molecular weight is 260 g/mol. The Morgan fingerprint density at radius 3 is 1.39 bits per heavy atom. The smallest absolute Gasteiger partial charge is 0.219 e. The van der Waals surface area contributed by atoms with E-state index < -0.39 is 35.2 Å². The van der Waals surface area contributed by atoms with Crippen LogP contribution in [0.4, 0.5) is 0 Å². The quantitative estimate of drug-likeness (QED) is 0.501. The molecular formula is C12H20O6. The summed E-state index contributed by atoms with van der Waals surface area (Å²) in [4.78, 5) is 35.2. The van der Waals surface area contributed by atoms with Gasteiger partial charge in [-0.1, -0.05) is 20.8 Å². The maximum absolute atomic E-state index is 11.8. The average Bonchev–Trinajstić information content (AvgIpc) is 2.42. The number of hydrogen-bond acceptors (Lipinski definition) is 6. The van der Waals surface area contributed by atoms with E-state index in [9.17, 15) is 29.7 Å². The van der Waals surface area contributed by atoms with E-state index >= 15 is 0 Å². The SMILES string of the molecule is CCC(=O)C(O)(CO)C(O)(C(=O)CC)C(=O)CC. The Labute approximate surface area is 106 Å². The number of aliphatic hydroxyl groups is 3. The van der Waals surface area contributed by atoms with Crippen LogP contribution in [0.2, 0.25) is 0 Å². The predicted octanol–water partition coefficient (Wildman–Crippen LogP) is -0.622. The maximum atomic E-state index is 11.8. The van der Waals surface area contributed by atoms with Gasteiger partial charge in [0, 0.05) is 19.3 Å². The molecule has 0 spiro atoms. The van der Waals surface area contributed by atoms with Gasteiger partial charge in [-0.15, -0.1) is 0 Å². The van der Waals surface area contributed by atoms with Crippen molar-refractivity contribution in [3.8, 4) is 0 Å². The molecule has 1 atom stereocenters.